The summed E-state index contributed by atoms with van der Waals surface area (Å²) in [6, 6.07) is 1.60. The SMILES string of the molecule is Cc1nc(S(=O)(=O)N2CCC(Cn3cnc(C(C)(C)C)cc3=O)CC2)cn1C. The molecule has 1 saturated heterocycles. The lowest BCUT2D eigenvalue weighted by Gasteiger charge is -2.30. The van der Waals surface area contributed by atoms with Gasteiger partial charge in [-0.3, -0.25) is 9.36 Å². The summed E-state index contributed by atoms with van der Waals surface area (Å²) in [5.74, 6) is 0.913. The second-order valence-corrected chi connectivity index (χ2v) is 10.5. The first-order chi connectivity index (χ1) is 13.0. The van der Waals surface area contributed by atoms with Crippen molar-refractivity contribution in [3.63, 3.8) is 0 Å². The van der Waals surface area contributed by atoms with Crippen molar-refractivity contribution in [1.82, 2.24) is 23.4 Å². The highest BCUT2D eigenvalue weighted by atomic mass is 32.2. The molecule has 1 fully saturated rings. The van der Waals surface area contributed by atoms with Gasteiger partial charge in [-0.2, -0.15) is 4.31 Å². The first-order valence-electron chi connectivity index (χ1n) is 9.55. The molecule has 0 radical (unpaired) electrons. The van der Waals surface area contributed by atoms with Crippen LogP contribution in [-0.4, -0.2) is 44.9 Å². The molecule has 3 rings (SSSR count). The van der Waals surface area contributed by atoms with Gasteiger partial charge >= 0.3 is 0 Å². The summed E-state index contributed by atoms with van der Waals surface area (Å²) < 4.78 is 30.4. The quantitative estimate of drug-likeness (QED) is 0.769. The van der Waals surface area contributed by atoms with Crippen LogP contribution in [0.25, 0.3) is 0 Å². The Hall–Kier alpha value is -2.00. The molecule has 8 nitrogen and oxygen atoms in total. The smallest absolute Gasteiger partial charge is 0.262 e. The van der Waals surface area contributed by atoms with Crippen LogP contribution in [-0.2, 0) is 29.0 Å². The van der Waals surface area contributed by atoms with Gasteiger partial charge in [0.15, 0.2) is 5.03 Å². The van der Waals surface area contributed by atoms with E-state index >= 15 is 0 Å². The number of sulfonamides is 1. The van der Waals surface area contributed by atoms with Crippen molar-refractivity contribution in [3.8, 4) is 0 Å². The summed E-state index contributed by atoms with van der Waals surface area (Å²) in [6.07, 6.45) is 4.58. The van der Waals surface area contributed by atoms with Crippen LogP contribution in [0.1, 0.15) is 45.1 Å². The minimum Gasteiger partial charge on any atom is -0.337 e. The van der Waals surface area contributed by atoms with Gasteiger partial charge in [0.1, 0.15) is 5.82 Å². The Kier molecular flexibility index (Phi) is 5.51. The molecule has 3 heterocycles. The third-order valence-corrected chi connectivity index (χ3v) is 7.14. The molecule has 0 aliphatic carbocycles. The van der Waals surface area contributed by atoms with E-state index in [2.05, 4.69) is 9.97 Å². The number of hydrogen-bond acceptors (Lipinski definition) is 5. The average molecular weight is 408 g/mol. The molecule has 28 heavy (non-hydrogen) atoms. The van der Waals surface area contributed by atoms with E-state index in [1.165, 1.54) is 4.31 Å². The molecular weight excluding hydrogens is 378 g/mol. The van der Waals surface area contributed by atoms with Crippen molar-refractivity contribution >= 4 is 10.0 Å². The number of piperidine rings is 1. The molecule has 0 bridgehead atoms. The number of aromatic nitrogens is 4. The maximum atomic E-state index is 12.8. The zero-order valence-electron chi connectivity index (χ0n) is 17.2. The van der Waals surface area contributed by atoms with Crippen molar-refractivity contribution in [2.75, 3.05) is 13.1 Å². The molecule has 1 aliphatic heterocycles. The molecule has 0 atom stereocenters. The number of rotatable bonds is 4. The van der Waals surface area contributed by atoms with Gasteiger partial charge in [-0.05, 0) is 25.7 Å². The maximum Gasteiger partial charge on any atom is 0.262 e. The van der Waals surface area contributed by atoms with E-state index in [1.54, 1.807) is 41.7 Å². The lowest BCUT2D eigenvalue weighted by molar-refractivity contribution is 0.250. The molecule has 1 aliphatic rings. The zero-order chi connectivity index (χ0) is 20.7. The number of aryl methyl sites for hydroxylation is 2. The van der Waals surface area contributed by atoms with Crippen LogP contribution in [0.15, 0.2) is 28.4 Å². The van der Waals surface area contributed by atoms with Crippen LogP contribution >= 0.6 is 0 Å². The van der Waals surface area contributed by atoms with E-state index in [9.17, 15) is 13.2 Å². The zero-order valence-corrected chi connectivity index (χ0v) is 18.0. The predicted molar refractivity (Wildman–Crippen MR) is 107 cm³/mol. The largest absolute Gasteiger partial charge is 0.337 e. The molecule has 2 aromatic heterocycles. The highest BCUT2D eigenvalue weighted by molar-refractivity contribution is 7.89. The summed E-state index contributed by atoms with van der Waals surface area (Å²) >= 11 is 0. The summed E-state index contributed by atoms with van der Waals surface area (Å²) in [5, 5.41) is 0.101. The highest BCUT2D eigenvalue weighted by Crippen LogP contribution is 2.24. The van der Waals surface area contributed by atoms with E-state index in [1.807, 2.05) is 20.8 Å². The molecule has 0 N–H and O–H groups in total. The molecule has 9 heteroatoms. The van der Waals surface area contributed by atoms with E-state index in [0.29, 0.717) is 38.3 Å². The Morgan fingerprint density at radius 3 is 2.36 bits per heavy atom. The summed E-state index contributed by atoms with van der Waals surface area (Å²) in [5.41, 5.74) is 0.557. The highest BCUT2D eigenvalue weighted by Gasteiger charge is 2.31. The van der Waals surface area contributed by atoms with Crippen molar-refractivity contribution < 1.29 is 8.42 Å². The van der Waals surface area contributed by atoms with Gasteiger partial charge in [-0.25, -0.2) is 18.4 Å². The number of imidazole rings is 1. The number of hydrogen-bond donors (Lipinski definition) is 0. The van der Waals surface area contributed by atoms with Gasteiger partial charge in [0.2, 0.25) is 0 Å². The van der Waals surface area contributed by atoms with E-state index in [0.717, 1.165) is 5.69 Å². The summed E-state index contributed by atoms with van der Waals surface area (Å²) in [7, 11) is -1.79. The van der Waals surface area contributed by atoms with Gasteiger partial charge in [0.05, 0.1) is 12.0 Å². The van der Waals surface area contributed by atoms with Crippen molar-refractivity contribution in [2.45, 2.75) is 57.5 Å². The lowest BCUT2D eigenvalue weighted by Crippen LogP contribution is -2.40. The fourth-order valence-electron chi connectivity index (χ4n) is 3.37. The molecule has 0 spiro atoms. The van der Waals surface area contributed by atoms with Gasteiger partial charge in [0, 0.05) is 44.4 Å². The molecule has 0 unspecified atom stereocenters. The molecule has 0 aromatic carbocycles. The lowest BCUT2D eigenvalue weighted by atomic mass is 9.92. The van der Waals surface area contributed by atoms with Gasteiger partial charge < -0.3 is 4.57 Å². The number of nitrogens with zero attached hydrogens (tertiary/aromatic N) is 5. The summed E-state index contributed by atoms with van der Waals surface area (Å²) in [4.78, 5) is 21.0. The Balaban J connectivity index is 1.65. The minimum atomic E-state index is -3.57. The molecule has 0 saturated carbocycles. The Morgan fingerprint density at radius 2 is 1.86 bits per heavy atom. The van der Waals surface area contributed by atoms with Gasteiger partial charge in [-0.15, -0.1) is 0 Å². The van der Waals surface area contributed by atoms with Gasteiger partial charge in [-0.1, -0.05) is 20.8 Å². The van der Waals surface area contributed by atoms with Crippen molar-refractivity contribution in [3.05, 3.63) is 40.5 Å². The maximum absolute atomic E-state index is 12.8. The molecular formula is C19H29N5O3S. The van der Waals surface area contributed by atoms with Crippen LogP contribution in [0.2, 0.25) is 0 Å². The van der Waals surface area contributed by atoms with E-state index in [-0.39, 0.29) is 21.9 Å². The van der Waals surface area contributed by atoms with E-state index < -0.39 is 10.0 Å². The van der Waals surface area contributed by atoms with Crippen LogP contribution in [0, 0.1) is 12.8 Å². The Bertz CT molecular complexity index is 989. The molecule has 0 amide bonds. The van der Waals surface area contributed by atoms with E-state index in [4.69, 9.17) is 0 Å². The average Bonchev–Trinajstić information content (AvgIpc) is 2.96. The fourth-order valence-corrected chi connectivity index (χ4v) is 4.86. The van der Waals surface area contributed by atoms with Gasteiger partial charge in [0.25, 0.3) is 15.6 Å². The van der Waals surface area contributed by atoms with Crippen molar-refractivity contribution in [1.29, 1.82) is 0 Å². The Morgan fingerprint density at radius 1 is 1.21 bits per heavy atom. The Labute approximate surface area is 166 Å². The summed E-state index contributed by atoms with van der Waals surface area (Å²) in [6.45, 7) is 9.29. The monoisotopic (exact) mass is 407 g/mol. The molecule has 154 valence electrons. The minimum absolute atomic E-state index is 0.0565. The second kappa shape index (κ2) is 7.44. The van der Waals surface area contributed by atoms with Crippen LogP contribution in [0.3, 0.4) is 0 Å². The molecule has 2 aromatic rings. The third kappa shape index (κ3) is 4.20. The first-order valence-corrected chi connectivity index (χ1v) is 11.0. The second-order valence-electron chi connectivity index (χ2n) is 8.60. The van der Waals surface area contributed by atoms with Crippen molar-refractivity contribution in [2.24, 2.45) is 13.0 Å². The van der Waals surface area contributed by atoms with Crippen LogP contribution < -0.4 is 5.56 Å². The standard InChI is InChI=1S/C19H29N5O3S/c1-14-21-17(12-22(14)5)28(26,27)24-8-6-15(7-9-24)11-23-13-20-16(10-18(23)25)19(2,3)4/h10,12-13,15H,6-9,11H2,1-5H3. The predicted octanol–water partition coefficient (Wildman–Crippen LogP) is 1.68. The van der Waals surface area contributed by atoms with Crippen LogP contribution in [0.5, 0.6) is 0 Å². The third-order valence-electron chi connectivity index (χ3n) is 5.37. The normalized spacial score (nSPS) is 17.2. The fraction of sp³-hybridized carbons (Fsp3) is 0.632. The first kappa shape index (κ1) is 20.7. The van der Waals surface area contributed by atoms with Crippen LogP contribution in [0.4, 0.5) is 0 Å². The topological polar surface area (TPSA) is 90.1 Å².